The fourth-order valence-corrected chi connectivity index (χ4v) is 2.24. The number of carboxylic acid groups (broad SMARTS) is 1. The molecule has 0 fully saturated rings. The number of aromatic nitrogens is 1. The number of rotatable bonds is 3. The van der Waals surface area contributed by atoms with E-state index in [-0.39, 0.29) is 11.6 Å². The van der Waals surface area contributed by atoms with Crippen molar-refractivity contribution < 1.29 is 19.2 Å². The summed E-state index contributed by atoms with van der Waals surface area (Å²) in [5.74, 6) is -0.649. The average molecular weight is 266 g/mol. The normalized spacial score (nSPS) is 16.3. The Kier molecular flexibility index (Phi) is 3.87. The Morgan fingerprint density at radius 1 is 1.32 bits per heavy atom. The zero-order valence-electron chi connectivity index (χ0n) is 11.2. The number of carbonyl (C=O) groups is 2. The van der Waals surface area contributed by atoms with Crippen molar-refractivity contribution in [2.24, 2.45) is 0 Å². The van der Waals surface area contributed by atoms with Crippen molar-refractivity contribution in [3.8, 4) is 0 Å². The van der Waals surface area contributed by atoms with Crippen LogP contribution in [-0.2, 0) is 17.6 Å². The standard InChI is InChI=1S/C13H18N2O4/c1-8(13(17)18)15(2)12(16)11-9-6-4-3-5-7-10(9)19-14-11/h8H,3-7H2,1-2H3,(H,17,18). The van der Waals surface area contributed by atoms with Crippen LogP contribution in [-0.4, -0.2) is 40.1 Å². The summed E-state index contributed by atoms with van der Waals surface area (Å²) in [7, 11) is 1.47. The first kappa shape index (κ1) is 13.6. The van der Waals surface area contributed by atoms with Crippen LogP contribution in [0.15, 0.2) is 4.52 Å². The highest BCUT2D eigenvalue weighted by Gasteiger charge is 2.29. The van der Waals surface area contributed by atoms with E-state index in [1.807, 2.05) is 0 Å². The van der Waals surface area contributed by atoms with Gasteiger partial charge in [0.15, 0.2) is 5.69 Å². The van der Waals surface area contributed by atoms with Crippen LogP contribution in [0, 0.1) is 0 Å². The maximum Gasteiger partial charge on any atom is 0.326 e. The Hall–Kier alpha value is -1.85. The first-order valence-corrected chi connectivity index (χ1v) is 6.49. The molecule has 1 amide bonds. The molecule has 1 aromatic heterocycles. The van der Waals surface area contributed by atoms with Gasteiger partial charge in [-0.2, -0.15) is 0 Å². The zero-order valence-corrected chi connectivity index (χ0v) is 11.2. The quantitative estimate of drug-likeness (QED) is 0.838. The lowest BCUT2D eigenvalue weighted by Gasteiger charge is -2.20. The molecule has 19 heavy (non-hydrogen) atoms. The molecule has 1 aliphatic carbocycles. The third kappa shape index (κ3) is 2.62. The predicted octanol–water partition coefficient (Wildman–Crippen LogP) is 1.49. The first-order valence-electron chi connectivity index (χ1n) is 6.49. The summed E-state index contributed by atoms with van der Waals surface area (Å²) in [6.07, 6.45) is 4.73. The van der Waals surface area contributed by atoms with Crippen LogP contribution < -0.4 is 0 Å². The molecule has 0 radical (unpaired) electrons. The van der Waals surface area contributed by atoms with Crippen LogP contribution in [0.5, 0.6) is 0 Å². The van der Waals surface area contributed by atoms with E-state index in [1.165, 1.54) is 18.9 Å². The monoisotopic (exact) mass is 266 g/mol. The largest absolute Gasteiger partial charge is 0.480 e. The van der Waals surface area contributed by atoms with Crippen LogP contribution in [0.2, 0.25) is 0 Å². The van der Waals surface area contributed by atoms with Gasteiger partial charge in [0, 0.05) is 19.0 Å². The number of aliphatic carboxylic acids is 1. The highest BCUT2D eigenvalue weighted by molar-refractivity contribution is 5.96. The summed E-state index contributed by atoms with van der Waals surface area (Å²) in [5, 5.41) is 12.8. The lowest BCUT2D eigenvalue weighted by Crippen LogP contribution is -2.40. The van der Waals surface area contributed by atoms with Crippen molar-refractivity contribution >= 4 is 11.9 Å². The number of carbonyl (C=O) groups excluding carboxylic acids is 1. The second kappa shape index (κ2) is 5.42. The van der Waals surface area contributed by atoms with E-state index in [4.69, 9.17) is 9.63 Å². The number of hydrogen-bond donors (Lipinski definition) is 1. The lowest BCUT2D eigenvalue weighted by atomic mass is 10.1. The molecule has 6 heteroatoms. The maximum atomic E-state index is 12.3. The second-order valence-electron chi connectivity index (χ2n) is 4.92. The van der Waals surface area contributed by atoms with E-state index in [1.54, 1.807) is 0 Å². The molecule has 0 spiro atoms. The van der Waals surface area contributed by atoms with Crippen molar-refractivity contribution in [2.45, 2.75) is 45.1 Å². The van der Waals surface area contributed by atoms with E-state index >= 15 is 0 Å². The smallest absolute Gasteiger partial charge is 0.326 e. The van der Waals surface area contributed by atoms with Gasteiger partial charge >= 0.3 is 5.97 Å². The van der Waals surface area contributed by atoms with Gasteiger partial charge in [-0.05, 0) is 26.2 Å². The number of likely N-dealkylation sites (N-methyl/N-ethyl adjacent to an activating group) is 1. The van der Waals surface area contributed by atoms with Gasteiger partial charge in [-0.25, -0.2) is 4.79 Å². The minimum absolute atomic E-state index is 0.271. The molecule has 1 atom stereocenters. The summed E-state index contributed by atoms with van der Waals surface area (Å²) >= 11 is 0. The topological polar surface area (TPSA) is 83.6 Å². The van der Waals surface area contributed by atoms with E-state index in [2.05, 4.69) is 5.16 Å². The Morgan fingerprint density at radius 3 is 2.68 bits per heavy atom. The Balaban J connectivity index is 2.24. The van der Waals surface area contributed by atoms with Crippen molar-refractivity contribution in [1.29, 1.82) is 0 Å². The Labute approximate surface area is 111 Å². The Morgan fingerprint density at radius 2 is 2.00 bits per heavy atom. The number of fused-ring (bicyclic) bond motifs is 1. The van der Waals surface area contributed by atoms with E-state index < -0.39 is 12.0 Å². The lowest BCUT2D eigenvalue weighted by molar-refractivity contribution is -0.141. The SMILES string of the molecule is CC(C(=O)O)N(C)C(=O)c1noc2c1CCCCC2. The second-order valence-corrected chi connectivity index (χ2v) is 4.92. The first-order chi connectivity index (χ1) is 9.02. The fraction of sp³-hybridized carbons (Fsp3) is 0.615. The van der Waals surface area contributed by atoms with Crippen molar-refractivity contribution in [2.75, 3.05) is 7.05 Å². The summed E-state index contributed by atoms with van der Waals surface area (Å²) in [4.78, 5) is 24.4. The van der Waals surface area contributed by atoms with Crippen molar-refractivity contribution in [1.82, 2.24) is 10.1 Å². The average Bonchev–Trinajstić information content (AvgIpc) is 2.64. The van der Waals surface area contributed by atoms with Gasteiger partial charge in [0.25, 0.3) is 5.91 Å². The molecule has 0 aromatic carbocycles. The molecule has 0 aliphatic heterocycles. The van der Waals surface area contributed by atoms with Crippen molar-refractivity contribution in [3.05, 3.63) is 17.0 Å². The van der Waals surface area contributed by atoms with E-state index in [0.717, 1.165) is 43.4 Å². The van der Waals surface area contributed by atoms with Gasteiger partial charge in [-0.15, -0.1) is 0 Å². The molecule has 1 heterocycles. The fourth-order valence-electron chi connectivity index (χ4n) is 2.24. The molecular formula is C13H18N2O4. The third-order valence-corrected chi connectivity index (χ3v) is 3.66. The molecule has 0 bridgehead atoms. The summed E-state index contributed by atoms with van der Waals surface area (Å²) in [6, 6.07) is -0.884. The number of hydrogen-bond acceptors (Lipinski definition) is 4. The van der Waals surface area contributed by atoms with Gasteiger partial charge in [0.05, 0.1) is 0 Å². The zero-order chi connectivity index (χ0) is 14.0. The van der Waals surface area contributed by atoms with Crippen LogP contribution >= 0.6 is 0 Å². The predicted molar refractivity (Wildman–Crippen MR) is 67.0 cm³/mol. The van der Waals surface area contributed by atoms with Gasteiger partial charge in [0.1, 0.15) is 11.8 Å². The number of nitrogens with zero attached hydrogens (tertiary/aromatic N) is 2. The minimum Gasteiger partial charge on any atom is -0.480 e. The van der Waals surface area contributed by atoms with Crippen LogP contribution in [0.3, 0.4) is 0 Å². The molecule has 1 unspecified atom stereocenters. The molecule has 104 valence electrons. The van der Waals surface area contributed by atoms with Crippen LogP contribution in [0.4, 0.5) is 0 Å². The molecule has 0 saturated heterocycles. The molecule has 1 N–H and O–H groups in total. The number of aryl methyl sites for hydroxylation is 1. The van der Waals surface area contributed by atoms with Gasteiger partial charge in [-0.1, -0.05) is 11.6 Å². The van der Waals surface area contributed by atoms with Crippen LogP contribution in [0.25, 0.3) is 0 Å². The van der Waals surface area contributed by atoms with Gasteiger partial charge < -0.3 is 14.5 Å². The minimum atomic E-state index is -1.04. The number of carboxylic acids is 1. The van der Waals surface area contributed by atoms with E-state index in [9.17, 15) is 9.59 Å². The van der Waals surface area contributed by atoms with Gasteiger partial charge in [-0.3, -0.25) is 4.79 Å². The highest BCUT2D eigenvalue weighted by atomic mass is 16.5. The molecule has 0 saturated carbocycles. The summed E-state index contributed by atoms with van der Waals surface area (Å²) in [5.41, 5.74) is 1.12. The molecule has 2 rings (SSSR count). The molecule has 6 nitrogen and oxygen atoms in total. The third-order valence-electron chi connectivity index (χ3n) is 3.66. The highest BCUT2D eigenvalue weighted by Crippen LogP contribution is 2.24. The Bertz CT molecular complexity index is 495. The van der Waals surface area contributed by atoms with Crippen molar-refractivity contribution in [3.63, 3.8) is 0 Å². The van der Waals surface area contributed by atoms with Gasteiger partial charge in [0.2, 0.25) is 0 Å². The molecule has 1 aromatic rings. The van der Waals surface area contributed by atoms with Crippen LogP contribution in [0.1, 0.15) is 48.0 Å². The number of amides is 1. The summed E-state index contributed by atoms with van der Waals surface area (Å²) in [6.45, 7) is 1.47. The van der Waals surface area contributed by atoms with E-state index in [0.29, 0.717) is 0 Å². The maximum absolute atomic E-state index is 12.3. The summed E-state index contributed by atoms with van der Waals surface area (Å²) < 4.78 is 5.23. The molecular weight excluding hydrogens is 248 g/mol. The molecule has 1 aliphatic rings.